The lowest BCUT2D eigenvalue weighted by Gasteiger charge is -2.18. The van der Waals surface area contributed by atoms with E-state index in [0.717, 1.165) is 17.0 Å². The van der Waals surface area contributed by atoms with Gasteiger partial charge in [-0.2, -0.15) is 0 Å². The molecule has 1 N–H and O–H groups in total. The molecule has 3 aromatic rings. The summed E-state index contributed by atoms with van der Waals surface area (Å²) in [5.41, 5.74) is 2.00. The zero-order valence-electron chi connectivity index (χ0n) is 16.1. The molecule has 0 spiro atoms. The molecule has 2 aromatic carbocycles. The van der Waals surface area contributed by atoms with Gasteiger partial charge in [0.15, 0.2) is 5.16 Å². The van der Waals surface area contributed by atoms with E-state index in [-0.39, 0.29) is 23.0 Å². The number of carbonyl (C=O) groups is 1. The third kappa shape index (κ3) is 4.98. The molecule has 7 heteroatoms. The molecule has 5 nitrogen and oxygen atoms in total. The summed E-state index contributed by atoms with van der Waals surface area (Å²) in [5.74, 6) is 0.409. The van der Waals surface area contributed by atoms with Gasteiger partial charge in [-0.3, -0.25) is 4.79 Å². The van der Waals surface area contributed by atoms with Gasteiger partial charge < -0.3 is 9.88 Å². The molecule has 0 aliphatic carbocycles. The minimum absolute atomic E-state index is 0.103. The van der Waals surface area contributed by atoms with Gasteiger partial charge in [0.05, 0.1) is 17.8 Å². The van der Waals surface area contributed by atoms with Crippen molar-refractivity contribution in [3.63, 3.8) is 0 Å². The minimum Gasteiger partial charge on any atom is -0.349 e. The molecule has 0 radical (unpaired) electrons. The maximum atomic E-state index is 13.1. The van der Waals surface area contributed by atoms with Crippen molar-refractivity contribution in [2.45, 2.75) is 43.8 Å². The van der Waals surface area contributed by atoms with E-state index in [1.165, 1.54) is 23.9 Å². The first-order chi connectivity index (χ1) is 13.4. The van der Waals surface area contributed by atoms with Crippen molar-refractivity contribution in [1.82, 2.24) is 20.1 Å². The average molecular weight is 399 g/mol. The molecule has 0 saturated carbocycles. The van der Waals surface area contributed by atoms with Gasteiger partial charge in [0.25, 0.3) is 0 Å². The fourth-order valence-electron chi connectivity index (χ4n) is 2.77. The number of hydrogen-bond donors (Lipinski definition) is 1. The molecule has 1 amide bonds. The van der Waals surface area contributed by atoms with Crippen molar-refractivity contribution in [3.8, 4) is 0 Å². The number of halogens is 1. The van der Waals surface area contributed by atoms with Crippen LogP contribution in [0.2, 0.25) is 0 Å². The summed E-state index contributed by atoms with van der Waals surface area (Å²) in [6.45, 7) is 6.28. The first-order valence-electron chi connectivity index (χ1n) is 9.10. The van der Waals surface area contributed by atoms with Crippen LogP contribution in [-0.4, -0.2) is 25.9 Å². The van der Waals surface area contributed by atoms with Gasteiger partial charge >= 0.3 is 0 Å². The number of thioether (sulfide) groups is 1. The van der Waals surface area contributed by atoms with Crippen molar-refractivity contribution < 1.29 is 9.18 Å². The minimum atomic E-state index is -0.346. The first-order valence-corrected chi connectivity index (χ1v) is 9.98. The second-order valence-electron chi connectivity index (χ2n) is 6.64. The molecule has 1 heterocycles. The normalized spacial score (nSPS) is 13.1. The third-order valence-electron chi connectivity index (χ3n) is 4.47. The van der Waals surface area contributed by atoms with Gasteiger partial charge in [0.2, 0.25) is 5.91 Å². The predicted octanol–water partition coefficient (Wildman–Crippen LogP) is 4.13. The second kappa shape index (κ2) is 9.01. The van der Waals surface area contributed by atoms with Crippen LogP contribution in [0.5, 0.6) is 0 Å². The number of nitrogens with zero attached hydrogens (tertiary/aromatic N) is 3. The van der Waals surface area contributed by atoms with Crippen molar-refractivity contribution in [1.29, 1.82) is 0 Å². The summed E-state index contributed by atoms with van der Waals surface area (Å²) in [5, 5.41) is 11.7. The van der Waals surface area contributed by atoms with E-state index in [4.69, 9.17) is 0 Å². The number of carbonyl (C=O) groups excluding carboxylic acids is 1. The van der Waals surface area contributed by atoms with Crippen LogP contribution in [0, 0.1) is 12.7 Å². The van der Waals surface area contributed by atoms with Gasteiger partial charge in [0, 0.05) is 0 Å². The van der Waals surface area contributed by atoms with Crippen molar-refractivity contribution >= 4 is 17.7 Å². The van der Waals surface area contributed by atoms with Crippen LogP contribution in [0.3, 0.4) is 0 Å². The molecule has 3 rings (SSSR count). The van der Waals surface area contributed by atoms with Crippen molar-refractivity contribution in [3.05, 3.63) is 77.4 Å². The van der Waals surface area contributed by atoms with E-state index in [9.17, 15) is 9.18 Å². The summed E-state index contributed by atoms with van der Waals surface area (Å²) >= 11 is 1.38. The molecule has 28 heavy (non-hydrogen) atoms. The zero-order chi connectivity index (χ0) is 20.1. The Balaban J connectivity index is 1.65. The largest absolute Gasteiger partial charge is 0.349 e. The number of rotatable bonds is 7. The zero-order valence-corrected chi connectivity index (χ0v) is 16.9. The molecular weight excluding hydrogens is 375 g/mol. The average Bonchev–Trinajstić information content (AvgIpc) is 3.02. The third-order valence-corrected chi connectivity index (χ3v) is 5.55. The monoisotopic (exact) mass is 398 g/mol. The smallest absolute Gasteiger partial charge is 0.233 e. The van der Waals surface area contributed by atoms with E-state index in [2.05, 4.69) is 15.5 Å². The summed E-state index contributed by atoms with van der Waals surface area (Å²) in [4.78, 5) is 12.6. The topological polar surface area (TPSA) is 59.8 Å². The molecule has 0 aliphatic rings. The fraction of sp³-hybridized carbons (Fsp3) is 0.286. The molecule has 2 atom stereocenters. The Morgan fingerprint density at radius 3 is 2.46 bits per heavy atom. The Morgan fingerprint density at radius 1 is 1.11 bits per heavy atom. The quantitative estimate of drug-likeness (QED) is 0.608. The standard InChI is InChI=1S/C21H23FN4OS/c1-14(18-9-11-19(22)12-10-18)23-20(27)15(2)28-21-25-24-16(3)26(21)13-17-7-5-4-6-8-17/h4-12,14-15H,13H2,1-3H3,(H,23,27). The number of aryl methyl sites for hydroxylation is 1. The van der Waals surface area contributed by atoms with Crippen molar-refractivity contribution in [2.75, 3.05) is 0 Å². The van der Waals surface area contributed by atoms with Crippen LogP contribution in [-0.2, 0) is 11.3 Å². The van der Waals surface area contributed by atoms with Gasteiger partial charge in [-0.25, -0.2) is 4.39 Å². The number of benzene rings is 2. The molecule has 0 aliphatic heterocycles. The highest BCUT2D eigenvalue weighted by Gasteiger charge is 2.21. The highest BCUT2D eigenvalue weighted by Crippen LogP contribution is 2.24. The summed E-state index contributed by atoms with van der Waals surface area (Å²) in [6.07, 6.45) is 0. The van der Waals surface area contributed by atoms with Gasteiger partial charge in [-0.05, 0) is 44.0 Å². The van der Waals surface area contributed by atoms with Crippen LogP contribution in [0.25, 0.3) is 0 Å². The van der Waals surface area contributed by atoms with E-state index in [1.807, 2.05) is 55.7 Å². The fourth-order valence-corrected chi connectivity index (χ4v) is 3.68. The Bertz CT molecular complexity index is 927. The lowest BCUT2D eigenvalue weighted by atomic mass is 10.1. The highest BCUT2D eigenvalue weighted by atomic mass is 32.2. The predicted molar refractivity (Wildman–Crippen MR) is 109 cm³/mol. The Hall–Kier alpha value is -2.67. The summed E-state index contributed by atoms with van der Waals surface area (Å²) in [7, 11) is 0. The maximum absolute atomic E-state index is 13.1. The Labute approximate surface area is 168 Å². The molecule has 1 aromatic heterocycles. The van der Waals surface area contributed by atoms with E-state index in [0.29, 0.717) is 11.7 Å². The molecule has 0 saturated heterocycles. The molecule has 146 valence electrons. The summed E-state index contributed by atoms with van der Waals surface area (Å²) in [6, 6.07) is 16.0. The number of amides is 1. The summed E-state index contributed by atoms with van der Waals surface area (Å²) < 4.78 is 15.1. The number of nitrogens with one attached hydrogen (secondary N) is 1. The van der Waals surface area contributed by atoms with Crippen LogP contribution < -0.4 is 5.32 Å². The van der Waals surface area contributed by atoms with E-state index >= 15 is 0 Å². The second-order valence-corrected chi connectivity index (χ2v) is 7.95. The Morgan fingerprint density at radius 2 is 1.79 bits per heavy atom. The van der Waals surface area contributed by atoms with Gasteiger partial charge in [-0.15, -0.1) is 10.2 Å². The first kappa shape index (κ1) is 20.1. The lowest BCUT2D eigenvalue weighted by Crippen LogP contribution is -2.33. The molecule has 0 bridgehead atoms. The maximum Gasteiger partial charge on any atom is 0.233 e. The van der Waals surface area contributed by atoms with Crippen molar-refractivity contribution in [2.24, 2.45) is 0 Å². The number of hydrogen-bond acceptors (Lipinski definition) is 4. The van der Waals surface area contributed by atoms with Gasteiger partial charge in [-0.1, -0.05) is 54.2 Å². The van der Waals surface area contributed by atoms with Gasteiger partial charge in [0.1, 0.15) is 11.6 Å². The van der Waals surface area contributed by atoms with Crippen LogP contribution in [0.1, 0.15) is 36.8 Å². The highest BCUT2D eigenvalue weighted by molar-refractivity contribution is 8.00. The molecule has 0 fully saturated rings. The Kier molecular flexibility index (Phi) is 6.46. The molecule has 2 unspecified atom stereocenters. The lowest BCUT2D eigenvalue weighted by molar-refractivity contribution is -0.120. The van der Waals surface area contributed by atoms with Crippen LogP contribution >= 0.6 is 11.8 Å². The van der Waals surface area contributed by atoms with Crippen LogP contribution in [0.15, 0.2) is 59.8 Å². The van der Waals surface area contributed by atoms with Crippen LogP contribution in [0.4, 0.5) is 4.39 Å². The molecular formula is C21H23FN4OS. The van der Waals surface area contributed by atoms with E-state index < -0.39 is 0 Å². The SMILES string of the molecule is Cc1nnc(SC(C)C(=O)NC(C)c2ccc(F)cc2)n1Cc1ccccc1. The van der Waals surface area contributed by atoms with E-state index in [1.54, 1.807) is 12.1 Å². The number of aromatic nitrogens is 3.